The number of carboxylic acids is 1. The number of rotatable bonds is 4. The Morgan fingerprint density at radius 3 is 2.53 bits per heavy atom. The highest BCUT2D eigenvalue weighted by molar-refractivity contribution is 7.13. The fraction of sp³-hybridized carbons (Fsp3) is 0.0833. The normalized spacial score (nSPS) is 10.2. The van der Waals surface area contributed by atoms with Crippen molar-refractivity contribution in [1.29, 1.82) is 0 Å². The SMILES string of the molecule is O=C(O)c1ccc(COc2ccc(F)cc2)s1. The van der Waals surface area contributed by atoms with E-state index in [0.717, 1.165) is 16.2 Å². The molecule has 0 aliphatic heterocycles. The molecule has 0 aliphatic carbocycles. The highest BCUT2D eigenvalue weighted by atomic mass is 32.1. The lowest BCUT2D eigenvalue weighted by molar-refractivity contribution is 0.0702. The molecule has 1 N–H and O–H groups in total. The Kier molecular flexibility index (Phi) is 3.39. The fourth-order valence-corrected chi connectivity index (χ4v) is 2.02. The summed E-state index contributed by atoms with van der Waals surface area (Å²) < 4.78 is 18.0. The maximum Gasteiger partial charge on any atom is 0.345 e. The second kappa shape index (κ2) is 4.97. The van der Waals surface area contributed by atoms with Crippen LogP contribution in [0.25, 0.3) is 0 Å². The maximum absolute atomic E-state index is 12.6. The van der Waals surface area contributed by atoms with Gasteiger partial charge < -0.3 is 9.84 Å². The van der Waals surface area contributed by atoms with Crippen molar-refractivity contribution in [2.75, 3.05) is 0 Å². The van der Waals surface area contributed by atoms with Crippen molar-refractivity contribution in [2.45, 2.75) is 6.61 Å². The van der Waals surface area contributed by atoms with E-state index in [-0.39, 0.29) is 17.3 Å². The van der Waals surface area contributed by atoms with E-state index in [1.807, 2.05) is 0 Å². The number of carbonyl (C=O) groups is 1. The minimum Gasteiger partial charge on any atom is -0.488 e. The molecule has 0 fully saturated rings. The first-order valence-corrected chi connectivity index (χ1v) is 5.67. The molecule has 0 unspecified atom stereocenters. The van der Waals surface area contributed by atoms with Gasteiger partial charge in [-0.2, -0.15) is 0 Å². The second-order valence-electron chi connectivity index (χ2n) is 3.31. The molecule has 0 saturated carbocycles. The van der Waals surface area contributed by atoms with Crippen LogP contribution >= 0.6 is 11.3 Å². The van der Waals surface area contributed by atoms with Gasteiger partial charge in [-0.3, -0.25) is 0 Å². The van der Waals surface area contributed by atoms with Gasteiger partial charge in [0, 0.05) is 4.88 Å². The summed E-state index contributed by atoms with van der Waals surface area (Å²) >= 11 is 1.16. The second-order valence-corrected chi connectivity index (χ2v) is 4.48. The van der Waals surface area contributed by atoms with Crippen LogP contribution in [-0.4, -0.2) is 11.1 Å². The van der Waals surface area contributed by atoms with Crippen LogP contribution < -0.4 is 4.74 Å². The summed E-state index contributed by atoms with van der Waals surface area (Å²) in [5.41, 5.74) is 0. The van der Waals surface area contributed by atoms with Crippen molar-refractivity contribution in [3.63, 3.8) is 0 Å². The van der Waals surface area contributed by atoms with Gasteiger partial charge in [-0.25, -0.2) is 9.18 Å². The lowest BCUT2D eigenvalue weighted by atomic mass is 10.3. The van der Waals surface area contributed by atoms with Crippen LogP contribution in [0.1, 0.15) is 14.5 Å². The van der Waals surface area contributed by atoms with Crippen molar-refractivity contribution in [2.24, 2.45) is 0 Å². The molecule has 0 amide bonds. The van der Waals surface area contributed by atoms with E-state index in [4.69, 9.17) is 9.84 Å². The monoisotopic (exact) mass is 252 g/mol. The first-order valence-electron chi connectivity index (χ1n) is 4.85. The first kappa shape index (κ1) is 11.6. The minimum absolute atomic E-state index is 0.280. The van der Waals surface area contributed by atoms with Crippen molar-refractivity contribution in [3.05, 3.63) is 52.0 Å². The van der Waals surface area contributed by atoms with Crippen LogP contribution in [0.4, 0.5) is 4.39 Å². The van der Waals surface area contributed by atoms with Crippen LogP contribution in [0.5, 0.6) is 5.75 Å². The zero-order chi connectivity index (χ0) is 12.3. The van der Waals surface area contributed by atoms with E-state index in [0.29, 0.717) is 5.75 Å². The standard InChI is InChI=1S/C12H9FO3S/c13-8-1-3-9(4-2-8)16-7-10-5-6-11(17-10)12(14)15/h1-6H,7H2,(H,14,15). The van der Waals surface area contributed by atoms with Gasteiger partial charge in [0.2, 0.25) is 0 Å². The first-order chi connectivity index (χ1) is 8.15. The van der Waals surface area contributed by atoms with E-state index >= 15 is 0 Å². The quantitative estimate of drug-likeness (QED) is 0.909. The van der Waals surface area contributed by atoms with Crippen LogP contribution in [0.2, 0.25) is 0 Å². The van der Waals surface area contributed by atoms with Crippen molar-refractivity contribution in [1.82, 2.24) is 0 Å². The molecule has 2 aromatic rings. The van der Waals surface area contributed by atoms with Gasteiger partial charge in [0.15, 0.2) is 0 Å². The smallest absolute Gasteiger partial charge is 0.345 e. The van der Waals surface area contributed by atoms with Crippen molar-refractivity contribution in [3.8, 4) is 5.75 Å². The topological polar surface area (TPSA) is 46.5 Å². The van der Waals surface area contributed by atoms with E-state index in [9.17, 15) is 9.18 Å². The molecule has 1 aromatic heterocycles. The van der Waals surface area contributed by atoms with Crippen LogP contribution in [-0.2, 0) is 6.61 Å². The Balaban J connectivity index is 1.97. The number of thiophene rings is 1. The van der Waals surface area contributed by atoms with Crippen molar-refractivity contribution < 1.29 is 19.0 Å². The lowest BCUT2D eigenvalue weighted by Gasteiger charge is -2.03. The highest BCUT2D eigenvalue weighted by Gasteiger charge is 2.07. The molecule has 0 spiro atoms. The number of halogens is 1. The van der Waals surface area contributed by atoms with Crippen molar-refractivity contribution >= 4 is 17.3 Å². The van der Waals surface area contributed by atoms with E-state index in [1.165, 1.54) is 30.3 Å². The van der Waals surface area contributed by atoms with Crippen LogP contribution in [0.3, 0.4) is 0 Å². The summed E-state index contributed by atoms with van der Waals surface area (Å²) in [6.07, 6.45) is 0. The summed E-state index contributed by atoms with van der Waals surface area (Å²) in [5.74, 6) is -0.707. The number of hydrogen-bond acceptors (Lipinski definition) is 3. The fourth-order valence-electron chi connectivity index (χ4n) is 1.26. The van der Waals surface area contributed by atoms with Crippen LogP contribution in [0, 0.1) is 5.82 Å². The molecule has 3 nitrogen and oxygen atoms in total. The zero-order valence-electron chi connectivity index (χ0n) is 8.72. The van der Waals surface area contributed by atoms with Gasteiger partial charge in [0.1, 0.15) is 23.1 Å². The Morgan fingerprint density at radius 1 is 1.24 bits per heavy atom. The molecular formula is C12H9FO3S. The number of hydrogen-bond donors (Lipinski definition) is 1. The average molecular weight is 252 g/mol. The molecule has 1 heterocycles. The third kappa shape index (κ3) is 3.04. The summed E-state index contributed by atoms with van der Waals surface area (Å²) in [6, 6.07) is 8.93. The summed E-state index contributed by atoms with van der Waals surface area (Å²) in [4.78, 5) is 11.7. The predicted molar refractivity (Wildman–Crippen MR) is 62.0 cm³/mol. The average Bonchev–Trinajstić information content (AvgIpc) is 2.77. The van der Waals surface area contributed by atoms with Gasteiger partial charge in [-0.05, 0) is 36.4 Å². The summed E-state index contributed by atoms with van der Waals surface area (Å²) in [5, 5.41) is 8.74. The van der Waals surface area contributed by atoms with E-state index < -0.39 is 5.97 Å². The van der Waals surface area contributed by atoms with Gasteiger partial charge in [-0.1, -0.05) is 0 Å². The molecule has 0 bridgehead atoms. The molecule has 0 saturated heterocycles. The molecule has 0 atom stereocenters. The lowest BCUT2D eigenvalue weighted by Crippen LogP contribution is -1.93. The minimum atomic E-state index is -0.942. The number of carboxylic acid groups (broad SMARTS) is 1. The largest absolute Gasteiger partial charge is 0.488 e. The molecule has 0 radical (unpaired) electrons. The summed E-state index contributed by atoms with van der Waals surface area (Å²) in [7, 11) is 0. The van der Waals surface area contributed by atoms with Crippen LogP contribution in [0.15, 0.2) is 36.4 Å². The summed E-state index contributed by atoms with van der Waals surface area (Å²) in [6.45, 7) is 0.281. The van der Waals surface area contributed by atoms with Gasteiger partial charge in [0.25, 0.3) is 0 Å². The zero-order valence-corrected chi connectivity index (χ0v) is 9.54. The number of aromatic carboxylic acids is 1. The third-order valence-electron chi connectivity index (χ3n) is 2.07. The Labute approximate surface area is 101 Å². The number of ether oxygens (including phenoxy) is 1. The molecule has 88 valence electrons. The maximum atomic E-state index is 12.6. The molecule has 17 heavy (non-hydrogen) atoms. The van der Waals surface area contributed by atoms with Gasteiger partial charge in [-0.15, -0.1) is 11.3 Å². The Hall–Kier alpha value is -1.88. The Morgan fingerprint density at radius 2 is 1.94 bits per heavy atom. The molecule has 0 aliphatic rings. The molecule has 1 aromatic carbocycles. The highest BCUT2D eigenvalue weighted by Crippen LogP contribution is 2.19. The van der Waals surface area contributed by atoms with Gasteiger partial charge in [0.05, 0.1) is 0 Å². The van der Waals surface area contributed by atoms with E-state index in [2.05, 4.69) is 0 Å². The number of benzene rings is 1. The van der Waals surface area contributed by atoms with E-state index in [1.54, 1.807) is 6.07 Å². The molecule has 2 rings (SSSR count). The predicted octanol–water partition coefficient (Wildman–Crippen LogP) is 3.16. The molecular weight excluding hydrogens is 243 g/mol. The third-order valence-corrected chi connectivity index (χ3v) is 3.11. The molecule has 5 heteroatoms. The van der Waals surface area contributed by atoms with Gasteiger partial charge >= 0.3 is 5.97 Å². The Bertz CT molecular complexity index is 519.